The average molecular weight is 220 g/mol. The number of ether oxygens (including phenoxy) is 1. The second-order valence-corrected chi connectivity index (χ2v) is 4.42. The summed E-state index contributed by atoms with van der Waals surface area (Å²) in [6, 6.07) is 8.05. The summed E-state index contributed by atoms with van der Waals surface area (Å²) in [6.07, 6.45) is 2.07. The number of esters is 1. The van der Waals surface area contributed by atoms with E-state index in [1.807, 2.05) is 18.2 Å². The normalized spacial score (nSPS) is 23.6. The number of carbonyl (C=O) groups excluding carboxylic acids is 1. The first kappa shape index (κ1) is 11.1. The number of hydrogen-bond acceptors (Lipinski definition) is 3. The number of hydrogen-bond donors (Lipinski definition) is 1. The van der Waals surface area contributed by atoms with Gasteiger partial charge in [-0.15, -0.1) is 0 Å². The van der Waals surface area contributed by atoms with Crippen LogP contribution in [0.15, 0.2) is 24.3 Å². The minimum absolute atomic E-state index is 0.0812. The first-order valence-corrected chi connectivity index (χ1v) is 5.49. The zero-order valence-corrected chi connectivity index (χ0v) is 9.40. The zero-order valence-electron chi connectivity index (χ0n) is 9.40. The molecule has 0 amide bonds. The molecule has 1 aromatic rings. The number of fused-ring (bicyclic) bond motifs is 1. The summed E-state index contributed by atoms with van der Waals surface area (Å²) in [7, 11) is 1.35. The van der Waals surface area contributed by atoms with Crippen LogP contribution in [0.2, 0.25) is 0 Å². The molecule has 0 fully saturated rings. The fourth-order valence-corrected chi connectivity index (χ4v) is 2.28. The molecule has 1 atom stereocenters. The van der Waals surface area contributed by atoms with Gasteiger partial charge in [-0.2, -0.15) is 0 Å². The van der Waals surface area contributed by atoms with Gasteiger partial charge in [-0.1, -0.05) is 24.3 Å². The first-order chi connectivity index (χ1) is 7.63. The zero-order chi connectivity index (χ0) is 11.6. The molecule has 1 aliphatic carbocycles. The maximum absolute atomic E-state index is 11.2. The maximum atomic E-state index is 11.2. The predicted molar refractivity (Wildman–Crippen MR) is 60.0 cm³/mol. The molecule has 0 spiro atoms. The van der Waals surface area contributed by atoms with E-state index < -0.39 is 5.60 Å². The number of benzene rings is 1. The largest absolute Gasteiger partial charge is 0.469 e. The predicted octanol–water partition coefficient (Wildman–Crippen LogP) is 1.47. The van der Waals surface area contributed by atoms with Crippen molar-refractivity contribution < 1.29 is 14.6 Å². The molecule has 3 heteroatoms. The highest BCUT2D eigenvalue weighted by atomic mass is 16.5. The Morgan fingerprint density at radius 3 is 2.81 bits per heavy atom. The van der Waals surface area contributed by atoms with E-state index in [4.69, 9.17) is 0 Å². The number of methoxy groups -OCH3 is 1. The number of rotatable bonds is 2. The molecule has 0 saturated heterocycles. The van der Waals surface area contributed by atoms with Crippen LogP contribution >= 0.6 is 0 Å². The Hall–Kier alpha value is -1.35. The molecule has 0 bridgehead atoms. The Balaban J connectivity index is 2.14. The smallest absolute Gasteiger partial charge is 0.308 e. The lowest BCUT2D eigenvalue weighted by Gasteiger charge is -2.32. The minimum atomic E-state index is -0.929. The van der Waals surface area contributed by atoms with Gasteiger partial charge in [0.15, 0.2) is 0 Å². The third-order valence-corrected chi connectivity index (χ3v) is 3.20. The van der Waals surface area contributed by atoms with Crippen molar-refractivity contribution in [1.29, 1.82) is 0 Å². The van der Waals surface area contributed by atoms with Crippen molar-refractivity contribution in [3.63, 3.8) is 0 Å². The number of aryl methyl sites for hydroxylation is 1. The van der Waals surface area contributed by atoms with Gasteiger partial charge in [-0.3, -0.25) is 4.79 Å². The lowest BCUT2D eigenvalue weighted by atomic mass is 9.79. The van der Waals surface area contributed by atoms with Crippen LogP contribution in [0.5, 0.6) is 0 Å². The van der Waals surface area contributed by atoms with Crippen LogP contribution in [0.1, 0.15) is 24.0 Å². The topological polar surface area (TPSA) is 46.5 Å². The van der Waals surface area contributed by atoms with E-state index in [0.717, 1.165) is 12.0 Å². The highest BCUT2D eigenvalue weighted by Crippen LogP contribution is 2.31. The van der Waals surface area contributed by atoms with Gasteiger partial charge in [-0.05, 0) is 24.0 Å². The standard InChI is InChI=1S/C13H16O3/c1-16-12(14)9-13(15)7-6-10-4-2-3-5-11(10)8-13/h2-5,15H,6-9H2,1H3/t13-/m0/s1. The molecule has 0 radical (unpaired) electrons. The Morgan fingerprint density at radius 2 is 2.12 bits per heavy atom. The van der Waals surface area contributed by atoms with Gasteiger partial charge < -0.3 is 9.84 Å². The maximum Gasteiger partial charge on any atom is 0.308 e. The van der Waals surface area contributed by atoms with Gasteiger partial charge in [0.1, 0.15) is 0 Å². The van der Waals surface area contributed by atoms with Crippen molar-refractivity contribution in [2.75, 3.05) is 7.11 Å². The molecule has 0 saturated carbocycles. The van der Waals surface area contributed by atoms with Gasteiger partial charge in [-0.25, -0.2) is 0 Å². The molecule has 0 heterocycles. The van der Waals surface area contributed by atoms with Crippen LogP contribution in [0.25, 0.3) is 0 Å². The average Bonchev–Trinajstić information content (AvgIpc) is 2.28. The molecule has 0 unspecified atom stereocenters. The summed E-state index contributed by atoms with van der Waals surface area (Å²) < 4.78 is 4.61. The van der Waals surface area contributed by atoms with Gasteiger partial charge in [0.2, 0.25) is 0 Å². The summed E-state index contributed by atoms with van der Waals surface area (Å²) in [5, 5.41) is 10.3. The van der Waals surface area contributed by atoms with E-state index in [-0.39, 0.29) is 12.4 Å². The Morgan fingerprint density at radius 1 is 1.44 bits per heavy atom. The molecule has 16 heavy (non-hydrogen) atoms. The fraction of sp³-hybridized carbons (Fsp3) is 0.462. The molecule has 2 rings (SSSR count). The van der Waals surface area contributed by atoms with Crippen LogP contribution in [-0.4, -0.2) is 23.8 Å². The van der Waals surface area contributed by atoms with Crippen LogP contribution in [0.3, 0.4) is 0 Å². The number of carbonyl (C=O) groups is 1. The molecule has 0 aliphatic heterocycles. The quantitative estimate of drug-likeness (QED) is 0.768. The van der Waals surface area contributed by atoms with E-state index in [2.05, 4.69) is 10.8 Å². The van der Waals surface area contributed by atoms with Gasteiger partial charge in [0.25, 0.3) is 0 Å². The Bertz CT molecular complexity index is 400. The molecule has 0 aromatic heterocycles. The SMILES string of the molecule is COC(=O)C[C@]1(O)CCc2ccccc2C1. The minimum Gasteiger partial charge on any atom is -0.469 e. The molecular weight excluding hydrogens is 204 g/mol. The molecule has 1 aliphatic rings. The summed E-state index contributed by atoms with van der Waals surface area (Å²) in [5.41, 5.74) is 1.48. The van der Waals surface area contributed by atoms with Crippen molar-refractivity contribution in [2.45, 2.75) is 31.3 Å². The molecular formula is C13H16O3. The monoisotopic (exact) mass is 220 g/mol. The van der Waals surface area contributed by atoms with E-state index in [9.17, 15) is 9.90 Å². The summed E-state index contributed by atoms with van der Waals surface area (Å²) in [5.74, 6) is -0.345. The Kier molecular flexibility index (Phi) is 2.97. The van der Waals surface area contributed by atoms with Gasteiger partial charge >= 0.3 is 5.97 Å². The lowest BCUT2D eigenvalue weighted by molar-refractivity contribution is -0.146. The van der Waals surface area contributed by atoms with E-state index in [1.165, 1.54) is 12.7 Å². The van der Waals surface area contributed by atoms with E-state index in [1.54, 1.807) is 0 Å². The second kappa shape index (κ2) is 4.26. The molecule has 86 valence electrons. The molecule has 1 N–H and O–H groups in total. The van der Waals surface area contributed by atoms with Crippen molar-refractivity contribution in [3.05, 3.63) is 35.4 Å². The summed E-state index contributed by atoms with van der Waals surface area (Å²) in [6.45, 7) is 0. The van der Waals surface area contributed by atoms with Crippen LogP contribution in [-0.2, 0) is 22.4 Å². The lowest BCUT2D eigenvalue weighted by Crippen LogP contribution is -2.38. The van der Waals surface area contributed by atoms with Gasteiger partial charge in [0.05, 0.1) is 19.1 Å². The van der Waals surface area contributed by atoms with E-state index >= 15 is 0 Å². The van der Waals surface area contributed by atoms with Crippen molar-refractivity contribution in [2.24, 2.45) is 0 Å². The van der Waals surface area contributed by atoms with Crippen molar-refractivity contribution in [3.8, 4) is 0 Å². The first-order valence-electron chi connectivity index (χ1n) is 5.49. The van der Waals surface area contributed by atoms with Crippen LogP contribution in [0, 0.1) is 0 Å². The van der Waals surface area contributed by atoms with Crippen LogP contribution < -0.4 is 0 Å². The molecule has 1 aromatic carbocycles. The number of aliphatic hydroxyl groups is 1. The summed E-state index contributed by atoms with van der Waals surface area (Å²) >= 11 is 0. The summed E-state index contributed by atoms with van der Waals surface area (Å²) in [4.78, 5) is 11.2. The second-order valence-electron chi connectivity index (χ2n) is 4.42. The molecule has 3 nitrogen and oxygen atoms in total. The van der Waals surface area contributed by atoms with Gasteiger partial charge in [0, 0.05) is 6.42 Å². The highest BCUT2D eigenvalue weighted by Gasteiger charge is 2.34. The fourth-order valence-electron chi connectivity index (χ4n) is 2.28. The third kappa shape index (κ3) is 2.25. The van der Waals surface area contributed by atoms with Crippen molar-refractivity contribution >= 4 is 5.97 Å². The van der Waals surface area contributed by atoms with Crippen LogP contribution in [0.4, 0.5) is 0 Å². The highest BCUT2D eigenvalue weighted by molar-refractivity contribution is 5.70. The Labute approximate surface area is 95.0 Å². The van der Waals surface area contributed by atoms with E-state index in [0.29, 0.717) is 12.8 Å². The van der Waals surface area contributed by atoms with Crippen molar-refractivity contribution in [1.82, 2.24) is 0 Å². The third-order valence-electron chi connectivity index (χ3n) is 3.20.